The van der Waals surface area contributed by atoms with Gasteiger partial charge in [-0.1, -0.05) is 24.3 Å². The minimum atomic E-state index is -0.749. The quantitative estimate of drug-likeness (QED) is 0.781. The van der Waals surface area contributed by atoms with E-state index in [0.29, 0.717) is 35.5 Å². The van der Waals surface area contributed by atoms with Crippen molar-refractivity contribution in [3.8, 4) is 11.1 Å². The van der Waals surface area contributed by atoms with Crippen molar-refractivity contribution >= 4 is 23.4 Å². The van der Waals surface area contributed by atoms with Gasteiger partial charge in [0.1, 0.15) is 11.9 Å². The van der Waals surface area contributed by atoms with E-state index >= 15 is 0 Å². The number of nitrogens with one attached hydrogen (secondary N) is 1. The van der Waals surface area contributed by atoms with Gasteiger partial charge in [0.15, 0.2) is 6.54 Å². The number of halogens is 1. The lowest BCUT2D eigenvalue weighted by Gasteiger charge is -2.39. The van der Waals surface area contributed by atoms with Crippen LogP contribution in [0.15, 0.2) is 42.5 Å². The van der Waals surface area contributed by atoms with Crippen molar-refractivity contribution in [3.63, 3.8) is 0 Å². The number of nitrogens with zero attached hydrogens (tertiary/aromatic N) is 2. The molecule has 0 aliphatic carbocycles. The van der Waals surface area contributed by atoms with Crippen LogP contribution < -0.4 is 10.6 Å². The molecule has 7 nitrogen and oxygen atoms in total. The predicted molar refractivity (Wildman–Crippen MR) is 105 cm³/mol. The first-order valence-corrected chi connectivity index (χ1v) is 9.56. The van der Waals surface area contributed by atoms with E-state index in [1.807, 2.05) is 0 Å². The molecule has 0 unspecified atom stereocenters. The SMILES string of the molecule is C[NH2+]CC(=O)N1CCN2C(=O)c3cc(-c4ccccc4F)ccc3NC(=O)[C@H]2C1. The second-order valence-electron chi connectivity index (χ2n) is 7.20. The number of hydrogen-bond donors (Lipinski definition) is 2. The molecule has 0 spiro atoms. The first-order valence-electron chi connectivity index (χ1n) is 9.56. The van der Waals surface area contributed by atoms with Crippen LogP contribution in [0.2, 0.25) is 0 Å². The van der Waals surface area contributed by atoms with E-state index in [4.69, 9.17) is 0 Å². The number of hydrogen-bond acceptors (Lipinski definition) is 3. The van der Waals surface area contributed by atoms with E-state index in [1.54, 1.807) is 53.7 Å². The summed E-state index contributed by atoms with van der Waals surface area (Å²) >= 11 is 0. The molecule has 4 rings (SSSR count). The molecule has 2 aliphatic heterocycles. The molecular weight excluding hydrogens is 375 g/mol. The molecule has 0 radical (unpaired) electrons. The fourth-order valence-corrected chi connectivity index (χ4v) is 3.84. The molecule has 0 saturated carbocycles. The summed E-state index contributed by atoms with van der Waals surface area (Å²) in [7, 11) is 1.81. The maximum Gasteiger partial charge on any atom is 0.277 e. The molecule has 3 N–H and O–H groups in total. The number of benzene rings is 2. The van der Waals surface area contributed by atoms with Crippen LogP contribution in [0.3, 0.4) is 0 Å². The van der Waals surface area contributed by atoms with E-state index in [0.717, 1.165) is 0 Å². The molecule has 150 valence electrons. The highest BCUT2D eigenvalue weighted by molar-refractivity contribution is 6.10. The third-order valence-corrected chi connectivity index (χ3v) is 5.37. The zero-order chi connectivity index (χ0) is 20.5. The van der Waals surface area contributed by atoms with Gasteiger partial charge in [-0.15, -0.1) is 0 Å². The number of piperazine rings is 1. The summed E-state index contributed by atoms with van der Waals surface area (Å²) in [5.74, 6) is -1.06. The summed E-state index contributed by atoms with van der Waals surface area (Å²) in [4.78, 5) is 41.3. The van der Waals surface area contributed by atoms with Crippen molar-refractivity contribution in [2.45, 2.75) is 6.04 Å². The highest BCUT2D eigenvalue weighted by Gasteiger charge is 2.40. The molecule has 1 saturated heterocycles. The number of anilines is 1. The maximum absolute atomic E-state index is 14.2. The van der Waals surface area contributed by atoms with Crippen LogP contribution in [0, 0.1) is 5.82 Å². The monoisotopic (exact) mass is 397 g/mol. The van der Waals surface area contributed by atoms with Gasteiger partial charge in [-0.25, -0.2) is 4.39 Å². The summed E-state index contributed by atoms with van der Waals surface area (Å²) in [5.41, 5.74) is 1.68. The van der Waals surface area contributed by atoms with Crippen LogP contribution >= 0.6 is 0 Å². The third kappa shape index (κ3) is 3.47. The van der Waals surface area contributed by atoms with E-state index in [9.17, 15) is 18.8 Å². The summed E-state index contributed by atoms with van der Waals surface area (Å²) in [6, 6.07) is 10.5. The highest BCUT2D eigenvalue weighted by Crippen LogP contribution is 2.31. The van der Waals surface area contributed by atoms with E-state index in [-0.39, 0.29) is 36.6 Å². The third-order valence-electron chi connectivity index (χ3n) is 5.37. The molecule has 2 aliphatic rings. The Morgan fingerprint density at radius 1 is 1.17 bits per heavy atom. The van der Waals surface area contributed by atoms with Crippen molar-refractivity contribution in [3.05, 3.63) is 53.8 Å². The van der Waals surface area contributed by atoms with Gasteiger partial charge in [0, 0.05) is 18.7 Å². The lowest BCUT2D eigenvalue weighted by Crippen LogP contribution is -2.83. The summed E-state index contributed by atoms with van der Waals surface area (Å²) < 4.78 is 14.2. The summed E-state index contributed by atoms with van der Waals surface area (Å²) in [6.07, 6.45) is 0. The zero-order valence-corrected chi connectivity index (χ0v) is 16.0. The Morgan fingerprint density at radius 2 is 1.97 bits per heavy atom. The van der Waals surface area contributed by atoms with E-state index in [1.165, 1.54) is 11.0 Å². The van der Waals surface area contributed by atoms with Gasteiger partial charge in [0.2, 0.25) is 5.91 Å². The normalized spacial score (nSPS) is 18.6. The van der Waals surface area contributed by atoms with Crippen LogP contribution in [0.25, 0.3) is 11.1 Å². The first kappa shape index (κ1) is 19.1. The van der Waals surface area contributed by atoms with Gasteiger partial charge in [0.25, 0.3) is 11.8 Å². The highest BCUT2D eigenvalue weighted by atomic mass is 19.1. The Morgan fingerprint density at radius 3 is 2.72 bits per heavy atom. The zero-order valence-electron chi connectivity index (χ0n) is 16.0. The molecule has 3 amide bonds. The number of quaternary nitrogens is 1. The number of carbonyl (C=O) groups excluding carboxylic acids is 3. The Kier molecular flexibility index (Phi) is 5.02. The molecule has 1 atom stereocenters. The Labute approximate surface area is 167 Å². The fraction of sp³-hybridized carbons (Fsp3) is 0.286. The number of rotatable bonds is 3. The van der Waals surface area contributed by atoms with Gasteiger partial charge in [-0.2, -0.15) is 0 Å². The van der Waals surface area contributed by atoms with E-state index in [2.05, 4.69) is 5.32 Å². The number of likely N-dealkylation sites (N-methyl/N-ethyl adjacent to an activating group) is 1. The summed E-state index contributed by atoms with van der Waals surface area (Å²) in [5, 5.41) is 4.57. The molecule has 0 bridgehead atoms. The minimum Gasteiger partial charge on any atom is -0.341 e. The number of fused-ring (bicyclic) bond motifs is 2. The van der Waals surface area contributed by atoms with Crippen molar-refractivity contribution in [2.24, 2.45) is 0 Å². The number of nitrogens with two attached hydrogens (primary N) is 1. The van der Waals surface area contributed by atoms with Crippen molar-refractivity contribution in [1.82, 2.24) is 9.80 Å². The van der Waals surface area contributed by atoms with Gasteiger partial charge in [-0.05, 0) is 23.8 Å². The predicted octanol–water partition coefficient (Wildman–Crippen LogP) is 0.291. The molecule has 8 heteroatoms. The molecule has 2 heterocycles. The maximum atomic E-state index is 14.2. The average molecular weight is 397 g/mol. The smallest absolute Gasteiger partial charge is 0.277 e. The van der Waals surface area contributed by atoms with Crippen LogP contribution in [0.4, 0.5) is 10.1 Å². The molecule has 2 aromatic carbocycles. The lowest BCUT2D eigenvalue weighted by molar-refractivity contribution is -0.616. The van der Waals surface area contributed by atoms with Crippen LogP contribution in [-0.2, 0) is 9.59 Å². The van der Waals surface area contributed by atoms with Crippen molar-refractivity contribution in [1.29, 1.82) is 0 Å². The topological polar surface area (TPSA) is 86.3 Å². The number of amides is 3. The molecule has 1 fully saturated rings. The number of carbonyl (C=O) groups is 3. The first-order chi connectivity index (χ1) is 14.0. The lowest BCUT2D eigenvalue weighted by atomic mass is 10.0. The molecule has 0 aromatic heterocycles. The average Bonchev–Trinajstić information content (AvgIpc) is 2.83. The van der Waals surface area contributed by atoms with E-state index < -0.39 is 6.04 Å². The van der Waals surface area contributed by atoms with Gasteiger partial charge >= 0.3 is 0 Å². The fourth-order valence-electron chi connectivity index (χ4n) is 3.84. The standard InChI is InChI=1S/C21H21FN4O3/c1-23-11-19(27)25-8-9-26-18(12-25)20(28)24-17-7-6-13(10-15(17)21(26)29)14-4-2-3-5-16(14)22/h2-7,10,18,23H,8-9,11-12H2,1H3,(H,24,28)/p+1/t18-/m1/s1. The Balaban J connectivity index is 1.66. The largest absolute Gasteiger partial charge is 0.341 e. The van der Waals surface area contributed by atoms with Gasteiger partial charge in [-0.3, -0.25) is 14.4 Å². The Bertz CT molecular complexity index is 994. The van der Waals surface area contributed by atoms with Crippen LogP contribution in [0.1, 0.15) is 10.4 Å². The van der Waals surface area contributed by atoms with Gasteiger partial charge in [0.05, 0.1) is 24.8 Å². The minimum absolute atomic E-state index is 0.0593. The molecule has 2 aromatic rings. The molecule has 29 heavy (non-hydrogen) atoms. The second-order valence-corrected chi connectivity index (χ2v) is 7.20. The second kappa shape index (κ2) is 7.63. The molecular formula is C21H22FN4O3+. The van der Waals surface area contributed by atoms with Crippen molar-refractivity contribution < 1.29 is 24.1 Å². The Hall–Kier alpha value is -3.26. The van der Waals surface area contributed by atoms with Crippen LogP contribution in [0.5, 0.6) is 0 Å². The van der Waals surface area contributed by atoms with Crippen molar-refractivity contribution in [2.75, 3.05) is 38.5 Å². The summed E-state index contributed by atoms with van der Waals surface area (Å²) in [6.45, 7) is 1.12. The van der Waals surface area contributed by atoms with Crippen LogP contribution in [-0.4, -0.2) is 66.8 Å². The van der Waals surface area contributed by atoms with Gasteiger partial charge < -0.3 is 20.4 Å².